The van der Waals surface area contributed by atoms with Crippen molar-refractivity contribution in [1.29, 1.82) is 0 Å². The van der Waals surface area contributed by atoms with Gasteiger partial charge in [-0.15, -0.1) is 0 Å². The third-order valence-electron chi connectivity index (χ3n) is 2.36. The first-order valence-electron chi connectivity index (χ1n) is 6.15. The summed E-state index contributed by atoms with van der Waals surface area (Å²) in [4.78, 5) is 4.28. The standard InChI is InChI=1S/C13H22N2O/c1-3-5-6-9-16-13-7-8-15-12(10-13)11-14-4-2/h7-8,10,14H,3-6,9,11H2,1-2H3. The van der Waals surface area contributed by atoms with Crippen molar-refractivity contribution in [3.8, 4) is 5.75 Å². The summed E-state index contributed by atoms with van der Waals surface area (Å²) in [6, 6.07) is 3.93. The number of ether oxygens (including phenoxy) is 1. The summed E-state index contributed by atoms with van der Waals surface area (Å²) in [5, 5.41) is 3.25. The van der Waals surface area contributed by atoms with Gasteiger partial charge in [-0.1, -0.05) is 26.7 Å². The van der Waals surface area contributed by atoms with Crippen LogP contribution in [0.1, 0.15) is 38.8 Å². The van der Waals surface area contributed by atoms with Gasteiger partial charge >= 0.3 is 0 Å². The zero-order valence-corrected chi connectivity index (χ0v) is 10.3. The molecule has 1 heterocycles. The van der Waals surface area contributed by atoms with E-state index in [1.54, 1.807) is 0 Å². The molecule has 0 aliphatic rings. The Morgan fingerprint density at radius 1 is 1.31 bits per heavy atom. The Morgan fingerprint density at radius 2 is 2.19 bits per heavy atom. The number of nitrogens with zero attached hydrogens (tertiary/aromatic N) is 1. The van der Waals surface area contributed by atoms with Crippen LogP contribution in [0.25, 0.3) is 0 Å². The highest BCUT2D eigenvalue weighted by Gasteiger charge is 1.97. The summed E-state index contributed by atoms with van der Waals surface area (Å²) in [7, 11) is 0. The summed E-state index contributed by atoms with van der Waals surface area (Å²) >= 11 is 0. The Balaban J connectivity index is 2.35. The number of hydrogen-bond acceptors (Lipinski definition) is 3. The molecule has 0 aliphatic carbocycles. The summed E-state index contributed by atoms with van der Waals surface area (Å²) < 4.78 is 5.66. The highest BCUT2D eigenvalue weighted by Crippen LogP contribution is 2.11. The maximum atomic E-state index is 5.66. The average molecular weight is 222 g/mol. The van der Waals surface area contributed by atoms with Crippen LogP contribution in [0.15, 0.2) is 18.3 Å². The molecule has 3 nitrogen and oxygen atoms in total. The molecule has 0 aliphatic heterocycles. The molecule has 0 fully saturated rings. The predicted molar refractivity (Wildman–Crippen MR) is 66.6 cm³/mol. The summed E-state index contributed by atoms with van der Waals surface area (Å²) in [6.45, 7) is 6.86. The number of hydrogen-bond donors (Lipinski definition) is 1. The van der Waals surface area contributed by atoms with Gasteiger partial charge in [-0.25, -0.2) is 0 Å². The number of unbranched alkanes of at least 4 members (excludes halogenated alkanes) is 2. The lowest BCUT2D eigenvalue weighted by molar-refractivity contribution is 0.305. The fourth-order valence-electron chi connectivity index (χ4n) is 1.44. The molecule has 0 unspecified atom stereocenters. The molecular weight excluding hydrogens is 200 g/mol. The highest BCUT2D eigenvalue weighted by atomic mass is 16.5. The molecule has 1 rings (SSSR count). The summed E-state index contributed by atoms with van der Waals surface area (Å²) in [5.41, 5.74) is 1.04. The highest BCUT2D eigenvalue weighted by molar-refractivity contribution is 5.22. The molecule has 0 aromatic carbocycles. The molecule has 0 amide bonds. The van der Waals surface area contributed by atoms with Crippen molar-refractivity contribution in [2.45, 2.75) is 39.7 Å². The Bertz CT molecular complexity index is 289. The van der Waals surface area contributed by atoms with Crippen LogP contribution in [0.4, 0.5) is 0 Å². The summed E-state index contributed by atoms with van der Waals surface area (Å²) in [6.07, 6.45) is 5.39. The Kier molecular flexibility index (Phi) is 6.58. The van der Waals surface area contributed by atoms with Crippen molar-refractivity contribution in [2.75, 3.05) is 13.2 Å². The van der Waals surface area contributed by atoms with E-state index in [0.29, 0.717) is 0 Å². The number of nitrogens with one attached hydrogen (secondary N) is 1. The fraction of sp³-hybridized carbons (Fsp3) is 0.615. The number of aromatic nitrogens is 1. The quantitative estimate of drug-likeness (QED) is 0.687. The molecule has 0 atom stereocenters. The molecule has 16 heavy (non-hydrogen) atoms. The van der Waals surface area contributed by atoms with Crippen molar-refractivity contribution in [2.24, 2.45) is 0 Å². The molecule has 0 spiro atoms. The van der Waals surface area contributed by atoms with Gasteiger partial charge in [0.25, 0.3) is 0 Å². The van der Waals surface area contributed by atoms with Gasteiger partial charge in [0.2, 0.25) is 0 Å². The van der Waals surface area contributed by atoms with Crippen molar-refractivity contribution < 1.29 is 4.74 Å². The van der Waals surface area contributed by atoms with Gasteiger partial charge in [-0.2, -0.15) is 0 Å². The van der Waals surface area contributed by atoms with Crippen molar-refractivity contribution in [3.05, 3.63) is 24.0 Å². The molecule has 0 saturated heterocycles. The number of pyridine rings is 1. The molecule has 1 aromatic rings. The SMILES string of the molecule is CCCCCOc1ccnc(CNCC)c1. The molecule has 3 heteroatoms. The largest absolute Gasteiger partial charge is 0.493 e. The second kappa shape index (κ2) is 8.11. The van der Waals surface area contributed by atoms with E-state index in [1.807, 2.05) is 18.3 Å². The first-order chi connectivity index (χ1) is 7.86. The van der Waals surface area contributed by atoms with Gasteiger partial charge in [-0.3, -0.25) is 4.98 Å². The van der Waals surface area contributed by atoms with Gasteiger partial charge in [0, 0.05) is 18.8 Å². The van der Waals surface area contributed by atoms with Crippen molar-refractivity contribution in [3.63, 3.8) is 0 Å². The molecule has 0 bridgehead atoms. The molecule has 0 radical (unpaired) electrons. The normalized spacial score (nSPS) is 10.4. The second-order valence-electron chi connectivity index (χ2n) is 3.82. The first kappa shape index (κ1) is 13.0. The smallest absolute Gasteiger partial charge is 0.122 e. The van der Waals surface area contributed by atoms with Crippen LogP contribution in [0.5, 0.6) is 5.75 Å². The van der Waals surface area contributed by atoms with Crippen LogP contribution in [-0.4, -0.2) is 18.1 Å². The van der Waals surface area contributed by atoms with Crippen LogP contribution in [-0.2, 0) is 6.54 Å². The van der Waals surface area contributed by atoms with Gasteiger partial charge in [0.15, 0.2) is 0 Å². The lowest BCUT2D eigenvalue weighted by Gasteiger charge is -2.07. The number of rotatable bonds is 8. The monoisotopic (exact) mass is 222 g/mol. The van der Waals surface area contributed by atoms with E-state index in [-0.39, 0.29) is 0 Å². The van der Waals surface area contributed by atoms with Gasteiger partial charge in [-0.05, 0) is 19.0 Å². The maximum absolute atomic E-state index is 5.66. The van der Waals surface area contributed by atoms with Crippen LogP contribution < -0.4 is 10.1 Å². The van der Waals surface area contributed by atoms with E-state index in [9.17, 15) is 0 Å². The Hall–Kier alpha value is -1.09. The van der Waals surface area contributed by atoms with Crippen LogP contribution in [0, 0.1) is 0 Å². The van der Waals surface area contributed by atoms with E-state index in [1.165, 1.54) is 12.8 Å². The molecule has 0 saturated carbocycles. The van der Waals surface area contributed by atoms with Crippen molar-refractivity contribution in [1.82, 2.24) is 10.3 Å². The van der Waals surface area contributed by atoms with E-state index in [2.05, 4.69) is 24.1 Å². The third kappa shape index (κ3) is 5.12. The maximum Gasteiger partial charge on any atom is 0.122 e. The third-order valence-corrected chi connectivity index (χ3v) is 2.36. The second-order valence-corrected chi connectivity index (χ2v) is 3.82. The van der Waals surface area contributed by atoms with Crippen LogP contribution in [0.3, 0.4) is 0 Å². The lowest BCUT2D eigenvalue weighted by atomic mass is 10.3. The van der Waals surface area contributed by atoms with Crippen molar-refractivity contribution >= 4 is 0 Å². The lowest BCUT2D eigenvalue weighted by Crippen LogP contribution is -2.12. The van der Waals surface area contributed by atoms with Gasteiger partial charge in [0.05, 0.1) is 12.3 Å². The topological polar surface area (TPSA) is 34.1 Å². The minimum atomic E-state index is 0.804. The first-order valence-corrected chi connectivity index (χ1v) is 6.15. The Labute approximate surface area is 98.2 Å². The van der Waals surface area contributed by atoms with E-state index in [0.717, 1.165) is 37.6 Å². The fourth-order valence-corrected chi connectivity index (χ4v) is 1.44. The molecule has 90 valence electrons. The zero-order chi connectivity index (χ0) is 11.6. The predicted octanol–water partition coefficient (Wildman–Crippen LogP) is 2.76. The Morgan fingerprint density at radius 3 is 2.94 bits per heavy atom. The van der Waals surface area contributed by atoms with Gasteiger partial charge < -0.3 is 10.1 Å². The van der Waals surface area contributed by atoms with E-state index in [4.69, 9.17) is 4.74 Å². The minimum absolute atomic E-state index is 0.804. The zero-order valence-electron chi connectivity index (χ0n) is 10.3. The average Bonchev–Trinajstić information content (AvgIpc) is 2.33. The van der Waals surface area contributed by atoms with E-state index >= 15 is 0 Å². The van der Waals surface area contributed by atoms with E-state index < -0.39 is 0 Å². The molecular formula is C13H22N2O. The van der Waals surface area contributed by atoms with Crippen LogP contribution in [0.2, 0.25) is 0 Å². The molecule has 1 aromatic heterocycles. The summed E-state index contributed by atoms with van der Waals surface area (Å²) in [5.74, 6) is 0.930. The van der Waals surface area contributed by atoms with Crippen LogP contribution >= 0.6 is 0 Å². The van der Waals surface area contributed by atoms with Gasteiger partial charge in [0.1, 0.15) is 5.75 Å². The minimum Gasteiger partial charge on any atom is -0.493 e. The molecule has 1 N–H and O–H groups in total.